The van der Waals surface area contributed by atoms with Gasteiger partial charge in [-0.2, -0.15) is 0 Å². The fourth-order valence-electron chi connectivity index (χ4n) is 3.33. The van der Waals surface area contributed by atoms with Gasteiger partial charge in [0.05, 0.1) is 16.6 Å². The summed E-state index contributed by atoms with van der Waals surface area (Å²) in [7, 11) is 0. The summed E-state index contributed by atoms with van der Waals surface area (Å²) in [5, 5.41) is 2.49. The summed E-state index contributed by atoms with van der Waals surface area (Å²) < 4.78 is 13.4. The molecule has 0 fully saturated rings. The first kappa shape index (κ1) is 16.3. The van der Waals surface area contributed by atoms with Crippen molar-refractivity contribution < 1.29 is 9.18 Å². The predicted octanol–water partition coefficient (Wildman–Crippen LogP) is 5.33. The lowest BCUT2D eigenvalue weighted by molar-refractivity contribution is 0.0696. The summed E-state index contributed by atoms with van der Waals surface area (Å²) in [6, 6.07) is 15.3. The highest BCUT2D eigenvalue weighted by Gasteiger charge is 2.33. The van der Waals surface area contributed by atoms with Crippen LogP contribution in [0, 0.1) is 5.82 Å². The maximum atomic E-state index is 13.4. The van der Waals surface area contributed by atoms with Crippen molar-refractivity contribution in [2.45, 2.75) is 12.5 Å². The highest BCUT2D eigenvalue weighted by atomic mass is 35.5. The number of nitrogens with zero attached hydrogens (tertiary/aromatic N) is 1. The average molecular weight is 372 g/mol. The van der Waals surface area contributed by atoms with Gasteiger partial charge in [-0.25, -0.2) is 4.39 Å². The fourth-order valence-corrected chi connectivity index (χ4v) is 4.45. The molecule has 1 atom stereocenters. The molecule has 0 unspecified atom stereocenters. The van der Waals surface area contributed by atoms with Crippen LogP contribution in [0.3, 0.4) is 0 Å². The molecule has 1 amide bonds. The molecule has 4 rings (SSSR count). The van der Waals surface area contributed by atoms with Gasteiger partial charge in [-0.05, 0) is 53.3 Å². The number of hydrogen-bond acceptors (Lipinski definition) is 2. The van der Waals surface area contributed by atoms with Gasteiger partial charge in [-0.15, -0.1) is 11.3 Å². The lowest BCUT2D eigenvalue weighted by Crippen LogP contribution is -2.40. The first-order valence-electron chi connectivity index (χ1n) is 8.02. The van der Waals surface area contributed by atoms with E-state index >= 15 is 0 Å². The lowest BCUT2D eigenvalue weighted by Gasteiger charge is -2.36. The zero-order chi connectivity index (χ0) is 17.4. The van der Waals surface area contributed by atoms with Gasteiger partial charge < -0.3 is 4.90 Å². The van der Waals surface area contributed by atoms with E-state index in [1.54, 1.807) is 35.6 Å². The summed E-state index contributed by atoms with van der Waals surface area (Å²) in [5.41, 5.74) is 2.51. The van der Waals surface area contributed by atoms with Gasteiger partial charge in [-0.3, -0.25) is 4.79 Å². The Morgan fingerprint density at radius 2 is 1.88 bits per heavy atom. The second kappa shape index (κ2) is 6.62. The van der Waals surface area contributed by atoms with Crippen LogP contribution in [0.2, 0.25) is 5.02 Å². The Bertz CT molecular complexity index is 921. The number of hydrogen-bond donors (Lipinski definition) is 0. The molecule has 1 aliphatic heterocycles. The third-order valence-corrected chi connectivity index (χ3v) is 5.84. The molecular weight excluding hydrogens is 357 g/mol. The minimum atomic E-state index is -0.283. The standard InChI is InChI=1S/C20H15ClFNOS/c21-17-4-2-1-3-15(17)20(24)23-11-9-18-16(10-12-25-18)19(23)13-5-7-14(22)8-6-13/h1-8,10,12,19H,9,11H2/t19-/m1/s1. The molecule has 25 heavy (non-hydrogen) atoms. The van der Waals surface area contributed by atoms with Crippen molar-refractivity contribution >= 4 is 28.8 Å². The normalized spacial score (nSPS) is 16.6. The van der Waals surface area contributed by atoms with E-state index in [1.807, 2.05) is 22.4 Å². The maximum Gasteiger partial charge on any atom is 0.256 e. The molecule has 0 radical (unpaired) electrons. The zero-order valence-corrected chi connectivity index (χ0v) is 14.9. The molecule has 1 aromatic heterocycles. The van der Waals surface area contributed by atoms with Crippen molar-refractivity contribution in [2.75, 3.05) is 6.54 Å². The highest BCUT2D eigenvalue weighted by Crippen LogP contribution is 2.39. The van der Waals surface area contributed by atoms with Crippen molar-refractivity contribution in [1.82, 2.24) is 4.90 Å². The van der Waals surface area contributed by atoms with Gasteiger partial charge in [-0.1, -0.05) is 35.9 Å². The summed E-state index contributed by atoms with van der Waals surface area (Å²) in [5.74, 6) is -0.383. The van der Waals surface area contributed by atoms with E-state index in [2.05, 4.69) is 6.07 Å². The van der Waals surface area contributed by atoms with Gasteiger partial charge in [0, 0.05) is 11.4 Å². The first-order valence-corrected chi connectivity index (χ1v) is 9.28. The molecule has 0 bridgehead atoms. The molecule has 1 aliphatic rings. The topological polar surface area (TPSA) is 20.3 Å². The monoisotopic (exact) mass is 371 g/mol. The Morgan fingerprint density at radius 1 is 1.12 bits per heavy atom. The van der Waals surface area contributed by atoms with E-state index in [0.29, 0.717) is 17.1 Å². The average Bonchev–Trinajstić information content (AvgIpc) is 3.10. The molecule has 2 nitrogen and oxygen atoms in total. The number of benzene rings is 2. The van der Waals surface area contributed by atoms with E-state index in [-0.39, 0.29) is 17.8 Å². The fraction of sp³-hybridized carbons (Fsp3) is 0.150. The maximum absolute atomic E-state index is 13.4. The molecule has 0 spiro atoms. The van der Waals surface area contributed by atoms with E-state index in [9.17, 15) is 9.18 Å². The van der Waals surface area contributed by atoms with Crippen molar-refractivity contribution in [2.24, 2.45) is 0 Å². The third-order valence-electron chi connectivity index (χ3n) is 4.52. The molecule has 126 valence electrons. The minimum absolute atomic E-state index is 0.100. The van der Waals surface area contributed by atoms with Crippen LogP contribution in [0.15, 0.2) is 60.0 Å². The number of amides is 1. The molecule has 0 saturated heterocycles. The minimum Gasteiger partial charge on any atom is -0.327 e. The van der Waals surface area contributed by atoms with E-state index < -0.39 is 0 Å². The molecule has 2 aromatic carbocycles. The van der Waals surface area contributed by atoms with Crippen LogP contribution < -0.4 is 0 Å². The molecule has 2 heterocycles. The SMILES string of the molecule is O=C(c1ccccc1Cl)N1CCc2sccc2[C@H]1c1ccc(F)cc1. The van der Waals surface area contributed by atoms with Gasteiger partial charge in [0.25, 0.3) is 5.91 Å². The number of halogens is 2. The number of rotatable bonds is 2. The molecule has 0 N–H and O–H groups in total. The van der Waals surface area contributed by atoms with Crippen molar-refractivity contribution in [1.29, 1.82) is 0 Å². The van der Waals surface area contributed by atoms with Crippen molar-refractivity contribution in [3.8, 4) is 0 Å². The number of carbonyl (C=O) groups excluding carboxylic acids is 1. The first-order chi connectivity index (χ1) is 12.1. The predicted molar refractivity (Wildman–Crippen MR) is 98.8 cm³/mol. The summed E-state index contributed by atoms with van der Waals surface area (Å²) in [6.07, 6.45) is 0.820. The Labute approximate surface area is 154 Å². The molecule has 3 aromatic rings. The van der Waals surface area contributed by atoms with Crippen molar-refractivity contribution in [3.63, 3.8) is 0 Å². The molecule has 5 heteroatoms. The molecule has 0 saturated carbocycles. The Hall–Kier alpha value is -2.17. The van der Waals surface area contributed by atoms with Crippen molar-refractivity contribution in [3.05, 3.63) is 92.4 Å². The van der Waals surface area contributed by atoms with Crippen LogP contribution in [0.1, 0.15) is 32.4 Å². The van der Waals surface area contributed by atoms with Gasteiger partial charge in [0.2, 0.25) is 0 Å². The number of carbonyl (C=O) groups is 1. The second-order valence-electron chi connectivity index (χ2n) is 5.98. The van der Waals surface area contributed by atoms with Crippen LogP contribution >= 0.6 is 22.9 Å². The Kier molecular flexibility index (Phi) is 4.32. The summed E-state index contributed by atoms with van der Waals surface area (Å²) in [4.78, 5) is 16.3. The quantitative estimate of drug-likeness (QED) is 0.596. The second-order valence-corrected chi connectivity index (χ2v) is 7.39. The van der Waals surface area contributed by atoms with Gasteiger partial charge >= 0.3 is 0 Å². The van der Waals surface area contributed by atoms with E-state index in [1.165, 1.54) is 17.0 Å². The van der Waals surface area contributed by atoms with Crippen LogP contribution in [-0.2, 0) is 6.42 Å². The smallest absolute Gasteiger partial charge is 0.256 e. The van der Waals surface area contributed by atoms with Crippen LogP contribution in [0.5, 0.6) is 0 Å². The third kappa shape index (κ3) is 2.96. The van der Waals surface area contributed by atoms with E-state index in [4.69, 9.17) is 11.6 Å². The lowest BCUT2D eigenvalue weighted by atomic mass is 9.92. The van der Waals surface area contributed by atoms with Crippen LogP contribution in [-0.4, -0.2) is 17.4 Å². The van der Waals surface area contributed by atoms with Gasteiger partial charge in [0.15, 0.2) is 0 Å². The van der Waals surface area contributed by atoms with Crippen LogP contribution in [0.4, 0.5) is 4.39 Å². The molecular formula is C20H15ClFNOS. The largest absolute Gasteiger partial charge is 0.327 e. The Balaban J connectivity index is 1.79. The highest BCUT2D eigenvalue weighted by molar-refractivity contribution is 7.10. The summed E-state index contributed by atoms with van der Waals surface area (Å²) >= 11 is 7.94. The molecule has 0 aliphatic carbocycles. The van der Waals surface area contributed by atoms with Crippen LogP contribution in [0.25, 0.3) is 0 Å². The Morgan fingerprint density at radius 3 is 2.64 bits per heavy atom. The van der Waals surface area contributed by atoms with E-state index in [0.717, 1.165) is 17.5 Å². The number of fused-ring (bicyclic) bond motifs is 1. The summed E-state index contributed by atoms with van der Waals surface area (Å²) in [6.45, 7) is 0.611. The zero-order valence-electron chi connectivity index (χ0n) is 13.3. The number of thiophene rings is 1. The van der Waals surface area contributed by atoms with Gasteiger partial charge in [0.1, 0.15) is 5.82 Å².